The SMILES string of the molecule is O=C1CCCN1CCCNC1CCCC1. The minimum Gasteiger partial charge on any atom is -0.343 e. The van der Waals surface area contributed by atoms with E-state index < -0.39 is 0 Å². The lowest BCUT2D eigenvalue weighted by molar-refractivity contribution is -0.127. The maximum absolute atomic E-state index is 11.3. The molecule has 1 aliphatic carbocycles. The van der Waals surface area contributed by atoms with Crippen LogP contribution in [-0.4, -0.2) is 36.5 Å². The molecule has 0 spiro atoms. The first-order chi connectivity index (χ1) is 7.36. The molecule has 2 aliphatic rings. The van der Waals surface area contributed by atoms with Crippen molar-refractivity contribution < 1.29 is 4.79 Å². The topological polar surface area (TPSA) is 32.3 Å². The van der Waals surface area contributed by atoms with Crippen molar-refractivity contribution in [3.8, 4) is 0 Å². The Morgan fingerprint density at radius 2 is 2.07 bits per heavy atom. The van der Waals surface area contributed by atoms with Crippen LogP contribution in [0.1, 0.15) is 44.9 Å². The second-order valence-corrected chi connectivity index (χ2v) is 4.77. The third kappa shape index (κ3) is 3.20. The molecule has 15 heavy (non-hydrogen) atoms. The molecule has 1 saturated heterocycles. The number of carbonyl (C=O) groups excluding carboxylic acids is 1. The minimum absolute atomic E-state index is 0.357. The summed E-state index contributed by atoms with van der Waals surface area (Å²) in [6, 6.07) is 0.763. The molecule has 1 N–H and O–H groups in total. The summed E-state index contributed by atoms with van der Waals surface area (Å²) in [7, 11) is 0. The normalized spacial score (nSPS) is 22.9. The first kappa shape index (κ1) is 10.9. The number of hydrogen-bond donors (Lipinski definition) is 1. The summed E-state index contributed by atoms with van der Waals surface area (Å²) in [6.45, 7) is 3.02. The molecule has 1 amide bonds. The molecule has 2 rings (SSSR count). The van der Waals surface area contributed by atoms with Crippen LogP contribution < -0.4 is 5.32 Å². The maximum atomic E-state index is 11.3. The number of amides is 1. The zero-order chi connectivity index (χ0) is 10.5. The zero-order valence-electron chi connectivity index (χ0n) is 9.50. The Labute approximate surface area is 92.2 Å². The van der Waals surface area contributed by atoms with Gasteiger partial charge in [0, 0.05) is 25.6 Å². The number of nitrogens with one attached hydrogen (secondary N) is 1. The lowest BCUT2D eigenvalue weighted by atomic mass is 10.2. The van der Waals surface area contributed by atoms with Crippen LogP contribution >= 0.6 is 0 Å². The van der Waals surface area contributed by atoms with E-state index in [4.69, 9.17) is 0 Å². The molecule has 0 atom stereocenters. The Morgan fingerprint density at radius 3 is 2.73 bits per heavy atom. The summed E-state index contributed by atoms with van der Waals surface area (Å²) in [6.07, 6.45) is 8.43. The molecule has 0 aromatic rings. The molecule has 0 aromatic heterocycles. The third-order valence-corrected chi connectivity index (χ3v) is 3.56. The summed E-state index contributed by atoms with van der Waals surface area (Å²) in [5, 5.41) is 3.58. The number of nitrogens with zero attached hydrogens (tertiary/aromatic N) is 1. The van der Waals surface area contributed by atoms with E-state index >= 15 is 0 Å². The summed E-state index contributed by atoms with van der Waals surface area (Å²) in [5.41, 5.74) is 0. The molecule has 1 heterocycles. The summed E-state index contributed by atoms with van der Waals surface area (Å²) in [5.74, 6) is 0.357. The molecule has 0 bridgehead atoms. The summed E-state index contributed by atoms with van der Waals surface area (Å²) in [4.78, 5) is 13.3. The molecular formula is C12H22N2O. The van der Waals surface area contributed by atoms with Crippen molar-refractivity contribution in [2.75, 3.05) is 19.6 Å². The highest BCUT2D eigenvalue weighted by atomic mass is 16.2. The van der Waals surface area contributed by atoms with Crippen molar-refractivity contribution in [2.24, 2.45) is 0 Å². The van der Waals surface area contributed by atoms with E-state index in [1.165, 1.54) is 25.7 Å². The quantitative estimate of drug-likeness (QED) is 0.698. The largest absolute Gasteiger partial charge is 0.343 e. The Morgan fingerprint density at radius 1 is 1.27 bits per heavy atom. The van der Waals surface area contributed by atoms with Crippen LogP contribution in [0.4, 0.5) is 0 Å². The van der Waals surface area contributed by atoms with Crippen LogP contribution in [0.25, 0.3) is 0 Å². The van der Waals surface area contributed by atoms with E-state index in [2.05, 4.69) is 5.32 Å². The van der Waals surface area contributed by atoms with Crippen LogP contribution in [0.5, 0.6) is 0 Å². The van der Waals surface area contributed by atoms with Gasteiger partial charge >= 0.3 is 0 Å². The first-order valence-corrected chi connectivity index (χ1v) is 6.37. The highest BCUT2D eigenvalue weighted by Crippen LogP contribution is 2.17. The van der Waals surface area contributed by atoms with E-state index in [9.17, 15) is 4.79 Å². The average Bonchev–Trinajstić information content (AvgIpc) is 2.85. The Balaban J connectivity index is 1.52. The van der Waals surface area contributed by atoms with E-state index in [1.54, 1.807) is 0 Å². The smallest absolute Gasteiger partial charge is 0.222 e. The fourth-order valence-corrected chi connectivity index (χ4v) is 2.65. The molecule has 1 aliphatic heterocycles. The van der Waals surface area contributed by atoms with Gasteiger partial charge in [-0.3, -0.25) is 4.79 Å². The predicted molar refractivity (Wildman–Crippen MR) is 60.7 cm³/mol. The third-order valence-electron chi connectivity index (χ3n) is 3.56. The van der Waals surface area contributed by atoms with Crippen molar-refractivity contribution in [3.63, 3.8) is 0 Å². The van der Waals surface area contributed by atoms with Gasteiger partial charge in [0.1, 0.15) is 0 Å². The standard InChI is InChI=1S/C12H22N2O/c15-12-7-3-9-14(12)10-4-8-13-11-5-1-2-6-11/h11,13H,1-10H2. The van der Waals surface area contributed by atoms with Gasteiger partial charge in [0.2, 0.25) is 5.91 Å². The fourth-order valence-electron chi connectivity index (χ4n) is 2.65. The molecule has 1 saturated carbocycles. The van der Waals surface area contributed by atoms with Gasteiger partial charge in [0.15, 0.2) is 0 Å². The molecule has 0 radical (unpaired) electrons. The second-order valence-electron chi connectivity index (χ2n) is 4.77. The van der Waals surface area contributed by atoms with Crippen molar-refractivity contribution in [1.82, 2.24) is 10.2 Å². The van der Waals surface area contributed by atoms with Gasteiger partial charge in [-0.1, -0.05) is 12.8 Å². The summed E-state index contributed by atoms with van der Waals surface area (Å²) < 4.78 is 0. The monoisotopic (exact) mass is 210 g/mol. The van der Waals surface area contributed by atoms with E-state index in [0.717, 1.165) is 44.9 Å². The minimum atomic E-state index is 0.357. The number of carbonyl (C=O) groups is 1. The van der Waals surface area contributed by atoms with Gasteiger partial charge in [-0.15, -0.1) is 0 Å². The van der Waals surface area contributed by atoms with Gasteiger partial charge in [-0.2, -0.15) is 0 Å². The second kappa shape index (κ2) is 5.50. The fraction of sp³-hybridized carbons (Fsp3) is 0.917. The molecule has 3 nitrogen and oxygen atoms in total. The summed E-state index contributed by atoms with van der Waals surface area (Å²) >= 11 is 0. The van der Waals surface area contributed by atoms with E-state index in [-0.39, 0.29) is 0 Å². The molecular weight excluding hydrogens is 188 g/mol. The number of likely N-dealkylation sites (tertiary alicyclic amines) is 1. The number of rotatable bonds is 5. The van der Waals surface area contributed by atoms with Gasteiger partial charge in [0.05, 0.1) is 0 Å². The Kier molecular flexibility index (Phi) is 4.01. The zero-order valence-corrected chi connectivity index (χ0v) is 9.50. The predicted octanol–water partition coefficient (Wildman–Crippen LogP) is 1.53. The van der Waals surface area contributed by atoms with Crippen molar-refractivity contribution in [2.45, 2.75) is 51.0 Å². The van der Waals surface area contributed by atoms with Crippen molar-refractivity contribution in [1.29, 1.82) is 0 Å². The molecule has 3 heteroatoms. The lowest BCUT2D eigenvalue weighted by Gasteiger charge is -2.16. The highest BCUT2D eigenvalue weighted by Gasteiger charge is 2.19. The highest BCUT2D eigenvalue weighted by molar-refractivity contribution is 5.77. The van der Waals surface area contributed by atoms with Crippen LogP contribution in [0, 0.1) is 0 Å². The molecule has 0 aromatic carbocycles. The van der Waals surface area contributed by atoms with Crippen LogP contribution in [0.15, 0.2) is 0 Å². The van der Waals surface area contributed by atoms with E-state index in [1.807, 2.05) is 4.90 Å². The average molecular weight is 210 g/mol. The van der Waals surface area contributed by atoms with Gasteiger partial charge < -0.3 is 10.2 Å². The lowest BCUT2D eigenvalue weighted by Crippen LogP contribution is -2.31. The Bertz CT molecular complexity index is 212. The van der Waals surface area contributed by atoms with Gasteiger partial charge in [-0.05, 0) is 32.2 Å². The van der Waals surface area contributed by atoms with Gasteiger partial charge in [-0.25, -0.2) is 0 Å². The first-order valence-electron chi connectivity index (χ1n) is 6.37. The maximum Gasteiger partial charge on any atom is 0.222 e. The Hall–Kier alpha value is -0.570. The molecule has 0 unspecified atom stereocenters. The van der Waals surface area contributed by atoms with Crippen molar-refractivity contribution >= 4 is 5.91 Å². The van der Waals surface area contributed by atoms with Gasteiger partial charge in [0.25, 0.3) is 0 Å². The van der Waals surface area contributed by atoms with Crippen LogP contribution in [0.3, 0.4) is 0 Å². The van der Waals surface area contributed by atoms with Crippen molar-refractivity contribution in [3.05, 3.63) is 0 Å². The molecule has 86 valence electrons. The van der Waals surface area contributed by atoms with Crippen LogP contribution in [0.2, 0.25) is 0 Å². The number of hydrogen-bond acceptors (Lipinski definition) is 2. The van der Waals surface area contributed by atoms with Crippen LogP contribution in [-0.2, 0) is 4.79 Å². The van der Waals surface area contributed by atoms with E-state index in [0.29, 0.717) is 5.91 Å². The molecule has 2 fully saturated rings.